The van der Waals surface area contributed by atoms with Gasteiger partial charge in [0, 0.05) is 24.2 Å². The van der Waals surface area contributed by atoms with Crippen molar-refractivity contribution in [3.8, 4) is 0 Å². The Morgan fingerprint density at radius 3 is 2.71 bits per heavy atom. The highest BCUT2D eigenvalue weighted by atomic mass is 19.1. The van der Waals surface area contributed by atoms with Gasteiger partial charge in [-0.1, -0.05) is 18.2 Å². The predicted octanol–water partition coefficient (Wildman–Crippen LogP) is 1.95. The van der Waals surface area contributed by atoms with E-state index in [1.165, 1.54) is 18.2 Å². The fraction of sp³-hybridized carbons (Fsp3) is 0.375. The number of rotatable bonds is 3. The average Bonchev–Trinajstić information content (AvgIpc) is 2.46. The zero-order valence-electron chi connectivity index (χ0n) is 12.0. The average molecular weight is 290 g/mol. The molecule has 1 fully saturated rings. The van der Waals surface area contributed by atoms with E-state index in [1.54, 1.807) is 23.1 Å². The molecular weight excluding hydrogens is 271 g/mol. The van der Waals surface area contributed by atoms with Gasteiger partial charge < -0.3 is 10.6 Å². The molecule has 0 saturated carbocycles. The van der Waals surface area contributed by atoms with Gasteiger partial charge in [-0.25, -0.2) is 4.39 Å². The summed E-state index contributed by atoms with van der Waals surface area (Å²) in [5.41, 5.74) is 5.68. The van der Waals surface area contributed by atoms with Gasteiger partial charge in [-0.05, 0) is 31.9 Å². The van der Waals surface area contributed by atoms with Crippen LogP contribution in [0.2, 0.25) is 0 Å². The molecule has 4 nitrogen and oxygen atoms in total. The second-order valence-corrected chi connectivity index (χ2v) is 5.37. The molecule has 1 aliphatic heterocycles. The summed E-state index contributed by atoms with van der Waals surface area (Å²) >= 11 is 0. The third-order valence-electron chi connectivity index (χ3n) is 3.88. The number of nitrogens with two attached hydrogens (primary N) is 1. The highest BCUT2D eigenvalue weighted by molar-refractivity contribution is 5.92. The molecule has 21 heavy (non-hydrogen) atoms. The van der Waals surface area contributed by atoms with Crippen molar-refractivity contribution in [2.75, 3.05) is 6.54 Å². The van der Waals surface area contributed by atoms with E-state index < -0.39 is 0 Å². The van der Waals surface area contributed by atoms with E-state index in [1.807, 2.05) is 6.92 Å². The monoisotopic (exact) mass is 290 g/mol. The van der Waals surface area contributed by atoms with Crippen molar-refractivity contribution in [1.82, 2.24) is 4.90 Å². The molecule has 5 heteroatoms. The SMILES string of the molecule is CC1CCC(C(N)=O)CN1C(=O)C=Cc1ccccc1F. The van der Waals surface area contributed by atoms with E-state index in [0.29, 0.717) is 18.5 Å². The summed E-state index contributed by atoms with van der Waals surface area (Å²) in [4.78, 5) is 25.1. The molecule has 112 valence electrons. The predicted molar refractivity (Wildman–Crippen MR) is 78.5 cm³/mol. The first-order valence-corrected chi connectivity index (χ1v) is 7.01. The van der Waals surface area contributed by atoms with Gasteiger partial charge in [0.05, 0.1) is 5.92 Å². The number of piperidine rings is 1. The van der Waals surface area contributed by atoms with Gasteiger partial charge in [-0.3, -0.25) is 9.59 Å². The number of halogens is 1. The number of carbonyl (C=O) groups excluding carboxylic acids is 2. The zero-order valence-corrected chi connectivity index (χ0v) is 12.0. The number of hydrogen-bond acceptors (Lipinski definition) is 2. The lowest BCUT2D eigenvalue weighted by Gasteiger charge is -2.36. The van der Waals surface area contributed by atoms with E-state index in [9.17, 15) is 14.0 Å². The zero-order chi connectivity index (χ0) is 15.4. The molecule has 1 heterocycles. The highest BCUT2D eigenvalue weighted by Crippen LogP contribution is 2.22. The summed E-state index contributed by atoms with van der Waals surface area (Å²) in [7, 11) is 0. The first-order valence-electron chi connectivity index (χ1n) is 7.01. The van der Waals surface area contributed by atoms with Crippen molar-refractivity contribution in [2.24, 2.45) is 11.7 Å². The Morgan fingerprint density at radius 2 is 2.05 bits per heavy atom. The van der Waals surface area contributed by atoms with E-state index >= 15 is 0 Å². The molecule has 1 aromatic carbocycles. The van der Waals surface area contributed by atoms with Crippen molar-refractivity contribution in [2.45, 2.75) is 25.8 Å². The minimum Gasteiger partial charge on any atom is -0.369 e. The van der Waals surface area contributed by atoms with Crippen LogP contribution in [0, 0.1) is 11.7 Å². The molecule has 1 aromatic rings. The molecule has 1 saturated heterocycles. The summed E-state index contributed by atoms with van der Waals surface area (Å²) in [6.07, 6.45) is 4.25. The van der Waals surface area contributed by atoms with Crippen molar-refractivity contribution < 1.29 is 14.0 Å². The Morgan fingerprint density at radius 1 is 1.33 bits per heavy atom. The number of likely N-dealkylation sites (tertiary alicyclic amines) is 1. The Bertz CT molecular complexity index is 571. The first kappa shape index (κ1) is 15.2. The van der Waals surface area contributed by atoms with Crippen LogP contribution < -0.4 is 5.73 Å². The molecule has 2 N–H and O–H groups in total. The van der Waals surface area contributed by atoms with E-state index in [2.05, 4.69) is 0 Å². The van der Waals surface area contributed by atoms with Crippen molar-refractivity contribution in [1.29, 1.82) is 0 Å². The minimum absolute atomic E-state index is 0.0540. The van der Waals surface area contributed by atoms with Crippen LogP contribution in [0.3, 0.4) is 0 Å². The normalized spacial score (nSPS) is 22.5. The van der Waals surface area contributed by atoms with Gasteiger partial charge in [0.1, 0.15) is 5.82 Å². The summed E-state index contributed by atoms with van der Waals surface area (Å²) in [5.74, 6) is -1.27. The molecule has 2 rings (SSSR count). The van der Waals surface area contributed by atoms with E-state index in [4.69, 9.17) is 5.73 Å². The van der Waals surface area contributed by atoms with E-state index in [-0.39, 0.29) is 29.6 Å². The van der Waals surface area contributed by atoms with Gasteiger partial charge in [0.15, 0.2) is 0 Å². The van der Waals surface area contributed by atoms with Crippen molar-refractivity contribution >= 4 is 17.9 Å². The Labute approximate surface area is 123 Å². The lowest BCUT2D eigenvalue weighted by molar-refractivity contribution is -0.133. The van der Waals surface area contributed by atoms with Crippen molar-refractivity contribution in [3.63, 3.8) is 0 Å². The summed E-state index contributed by atoms with van der Waals surface area (Å²) < 4.78 is 13.5. The molecule has 2 amide bonds. The highest BCUT2D eigenvalue weighted by Gasteiger charge is 2.30. The molecule has 0 aromatic heterocycles. The van der Waals surface area contributed by atoms with Gasteiger partial charge in [0.2, 0.25) is 11.8 Å². The van der Waals surface area contributed by atoms with Crippen LogP contribution in [0.4, 0.5) is 4.39 Å². The number of nitrogens with zero attached hydrogens (tertiary/aromatic N) is 1. The molecule has 1 aliphatic rings. The van der Waals surface area contributed by atoms with Gasteiger partial charge in [-0.2, -0.15) is 0 Å². The number of amides is 2. The number of benzene rings is 1. The Balaban J connectivity index is 2.08. The third kappa shape index (κ3) is 3.68. The Hall–Kier alpha value is -2.17. The van der Waals surface area contributed by atoms with Crippen LogP contribution in [0.15, 0.2) is 30.3 Å². The maximum atomic E-state index is 13.5. The van der Waals surface area contributed by atoms with Crippen LogP contribution in [0.1, 0.15) is 25.3 Å². The van der Waals surface area contributed by atoms with Crippen LogP contribution in [-0.4, -0.2) is 29.3 Å². The molecule has 0 spiro atoms. The summed E-state index contributed by atoms with van der Waals surface area (Å²) in [6.45, 7) is 2.27. The fourth-order valence-corrected chi connectivity index (χ4v) is 2.51. The topological polar surface area (TPSA) is 63.4 Å². The van der Waals surface area contributed by atoms with Crippen LogP contribution in [-0.2, 0) is 9.59 Å². The fourth-order valence-electron chi connectivity index (χ4n) is 2.51. The third-order valence-corrected chi connectivity index (χ3v) is 3.88. The maximum absolute atomic E-state index is 13.5. The summed E-state index contributed by atoms with van der Waals surface area (Å²) in [6, 6.07) is 6.30. The molecular formula is C16H19FN2O2. The van der Waals surface area contributed by atoms with Crippen LogP contribution in [0.25, 0.3) is 6.08 Å². The largest absolute Gasteiger partial charge is 0.369 e. The van der Waals surface area contributed by atoms with Crippen LogP contribution in [0.5, 0.6) is 0 Å². The summed E-state index contributed by atoms with van der Waals surface area (Å²) in [5, 5.41) is 0. The molecule has 2 atom stereocenters. The molecule has 0 aliphatic carbocycles. The van der Waals surface area contributed by atoms with E-state index in [0.717, 1.165) is 6.42 Å². The molecule has 0 bridgehead atoms. The van der Waals surface area contributed by atoms with Gasteiger partial charge in [0.25, 0.3) is 0 Å². The molecule has 0 radical (unpaired) electrons. The molecule has 2 unspecified atom stereocenters. The van der Waals surface area contributed by atoms with Gasteiger partial charge >= 0.3 is 0 Å². The smallest absolute Gasteiger partial charge is 0.246 e. The maximum Gasteiger partial charge on any atom is 0.246 e. The first-order chi connectivity index (χ1) is 9.99. The standard InChI is InChI=1S/C16H19FN2O2/c1-11-6-7-13(16(18)21)10-19(11)15(20)9-8-12-4-2-3-5-14(12)17/h2-5,8-9,11,13H,6-7,10H2,1H3,(H2,18,21). The Kier molecular flexibility index (Phi) is 4.73. The lowest BCUT2D eigenvalue weighted by atomic mass is 9.93. The second kappa shape index (κ2) is 6.52. The number of primary amides is 1. The van der Waals surface area contributed by atoms with Gasteiger partial charge in [-0.15, -0.1) is 0 Å². The van der Waals surface area contributed by atoms with Crippen molar-refractivity contribution in [3.05, 3.63) is 41.7 Å². The number of hydrogen-bond donors (Lipinski definition) is 1. The number of carbonyl (C=O) groups is 2. The lowest BCUT2D eigenvalue weighted by Crippen LogP contribution is -2.48. The quantitative estimate of drug-likeness (QED) is 0.865. The minimum atomic E-state index is -0.377. The second-order valence-electron chi connectivity index (χ2n) is 5.37. The van der Waals surface area contributed by atoms with Crippen LogP contribution >= 0.6 is 0 Å².